The zero-order valence-corrected chi connectivity index (χ0v) is 12.1. The smallest absolute Gasteiger partial charge is 0.234 e. The molecule has 0 saturated carbocycles. The van der Waals surface area contributed by atoms with E-state index in [1.807, 2.05) is 25.1 Å². The van der Waals surface area contributed by atoms with E-state index in [0.29, 0.717) is 5.69 Å². The van der Waals surface area contributed by atoms with Crippen LogP contribution in [-0.2, 0) is 4.79 Å². The molecule has 0 aliphatic carbocycles. The van der Waals surface area contributed by atoms with Crippen LogP contribution in [0.25, 0.3) is 0 Å². The van der Waals surface area contributed by atoms with Gasteiger partial charge in [-0.25, -0.2) is 8.78 Å². The van der Waals surface area contributed by atoms with E-state index in [1.54, 1.807) is 0 Å². The summed E-state index contributed by atoms with van der Waals surface area (Å²) in [7, 11) is 0. The van der Waals surface area contributed by atoms with E-state index < -0.39 is 11.6 Å². The zero-order valence-electron chi connectivity index (χ0n) is 11.3. The zero-order chi connectivity index (χ0) is 15.4. The normalized spacial score (nSPS) is 10.4. The van der Waals surface area contributed by atoms with Gasteiger partial charge in [-0.1, -0.05) is 12.1 Å². The molecule has 2 rings (SSSR count). The Bertz CT molecular complexity index is 677. The first-order chi connectivity index (χ1) is 9.97. The Morgan fingerprint density at radius 3 is 2.71 bits per heavy atom. The molecule has 0 aromatic heterocycles. The molecule has 3 nitrogen and oxygen atoms in total. The van der Waals surface area contributed by atoms with Gasteiger partial charge in [-0.3, -0.25) is 4.79 Å². The van der Waals surface area contributed by atoms with Crippen LogP contribution in [0.15, 0.2) is 41.3 Å². The monoisotopic (exact) mass is 308 g/mol. The van der Waals surface area contributed by atoms with Crippen LogP contribution < -0.4 is 11.1 Å². The highest BCUT2D eigenvalue weighted by Crippen LogP contribution is 2.27. The van der Waals surface area contributed by atoms with Crippen LogP contribution in [0, 0.1) is 18.6 Å². The number of nitrogen functional groups attached to an aromatic ring is 1. The third-order valence-corrected chi connectivity index (χ3v) is 3.92. The number of thioether (sulfide) groups is 1. The Morgan fingerprint density at radius 1 is 1.24 bits per heavy atom. The number of benzene rings is 2. The van der Waals surface area contributed by atoms with Crippen LogP contribution in [0.5, 0.6) is 0 Å². The second-order valence-corrected chi connectivity index (χ2v) is 5.47. The minimum atomic E-state index is -0.997. The molecule has 21 heavy (non-hydrogen) atoms. The minimum absolute atomic E-state index is 0.132. The summed E-state index contributed by atoms with van der Waals surface area (Å²) in [6.07, 6.45) is 0. The fraction of sp³-hybridized carbons (Fsp3) is 0.133. The Kier molecular flexibility index (Phi) is 4.80. The van der Waals surface area contributed by atoms with Crippen molar-refractivity contribution in [1.82, 2.24) is 0 Å². The molecule has 0 bridgehead atoms. The number of carbonyl (C=O) groups excluding carboxylic acids is 1. The third kappa shape index (κ3) is 3.95. The molecule has 0 spiro atoms. The van der Waals surface area contributed by atoms with Crippen molar-refractivity contribution < 1.29 is 13.6 Å². The van der Waals surface area contributed by atoms with Gasteiger partial charge in [-0.05, 0) is 30.7 Å². The number of hydrogen-bond donors (Lipinski definition) is 2. The van der Waals surface area contributed by atoms with Crippen molar-refractivity contribution in [3.63, 3.8) is 0 Å². The maximum Gasteiger partial charge on any atom is 0.234 e. The van der Waals surface area contributed by atoms with E-state index in [2.05, 4.69) is 5.32 Å². The first-order valence-corrected chi connectivity index (χ1v) is 7.18. The molecule has 0 heterocycles. The third-order valence-electron chi connectivity index (χ3n) is 2.85. The van der Waals surface area contributed by atoms with E-state index in [0.717, 1.165) is 22.6 Å². The highest BCUT2D eigenvalue weighted by molar-refractivity contribution is 8.00. The van der Waals surface area contributed by atoms with Crippen LogP contribution in [0.2, 0.25) is 0 Å². The molecule has 0 atom stereocenters. The molecule has 110 valence electrons. The fourth-order valence-corrected chi connectivity index (χ4v) is 2.54. The Balaban J connectivity index is 1.96. The lowest BCUT2D eigenvalue weighted by Crippen LogP contribution is -2.14. The first-order valence-electron chi connectivity index (χ1n) is 6.20. The van der Waals surface area contributed by atoms with Crippen LogP contribution in [0.3, 0.4) is 0 Å². The van der Waals surface area contributed by atoms with Gasteiger partial charge in [-0.15, -0.1) is 11.8 Å². The van der Waals surface area contributed by atoms with Crippen molar-refractivity contribution in [2.75, 3.05) is 16.8 Å². The van der Waals surface area contributed by atoms with Crippen molar-refractivity contribution >= 4 is 29.0 Å². The quantitative estimate of drug-likeness (QED) is 0.670. The summed E-state index contributed by atoms with van der Waals surface area (Å²) in [5.74, 6) is -2.13. The fourth-order valence-electron chi connectivity index (χ4n) is 1.69. The Labute approximate surface area is 125 Å². The number of halogens is 2. The summed E-state index contributed by atoms with van der Waals surface area (Å²) in [6.45, 7) is 1.89. The number of amides is 1. The van der Waals surface area contributed by atoms with Crippen molar-refractivity contribution in [3.05, 3.63) is 53.6 Å². The number of nitrogens with two attached hydrogens (primary N) is 1. The number of rotatable bonds is 4. The molecule has 3 N–H and O–H groups in total. The molecule has 1 amide bonds. The molecule has 0 fully saturated rings. The van der Waals surface area contributed by atoms with E-state index in [9.17, 15) is 13.6 Å². The van der Waals surface area contributed by atoms with Crippen molar-refractivity contribution in [1.29, 1.82) is 0 Å². The predicted octanol–water partition coefficient (Wildman–Crippen LogP) is 3.59. The molecule has 6 heteroatoms. The standard InChI is InChI=1S/C15H14F2N2OS/c1-9-3-2-4-13(15(9)18)21-8-14(20)19-10-5-6-11(16)12(17)7-10/h2-7H,8,18H2,1H3,(H,19,20). The lowest BCUT2D eigenvalue weighted by molar-refractivity contribution is -0.113. The largest absolute Gasteiger partial charge is 0.398 e. The summed E-state index contributed by atoms with van der Waals surface area (Å²) < 4.78 is 25.8. The molecule has 0 unspecified atom stereocenters. The second kappa shape index (κ2) is 6.58. The SMILES string of the molecule is Cc1cccc(SCC(=O)Nc2ccc(F)c(F)c2)c1N. The molecular weight excluding hydrogens is 294 g/mol. The van der Waals surface area contributed by atoms with Crippen LogP contribution in [0.1, 0.15) is 5.56 Å². The van der Waals surface area contributed by atoms with Gasteiger partial charge in [0.25, 0.3) is 0 Å². The summed E-state index contributed by atoms with van der Waals surface area (Å²) in [6, 6.07) is 8.80. The van der Waals surface area contributed by atoms with Gasteiger partial charge in [0.15, 0.2) is 11.6 Å². The second-order valence-electron chi connectivity index (χ2n) is 4.45. The van der Waals surface area contributed by atoms with E-state index in [4.69, 9.17) is 5.73 Å². The average molecular weight is 308 g/mol. The van der Waals surface area contributed by atoms with Gasteiger partial charge in [-0.2, -0.15) is 0 Å². The number of aryl methyl sites for hydroxylation is 1. The van der Waals surface area contributed by atoms with Gasteiger partial charge in [0.1, 0.15) is 0 Å². The number of carbonyl (C=O) groups is 1. The molecule has 0 aliphatic rings. The Morgan fingerprint density at radius 2 is 2.00 bits per heavy atom. The van der Waals surface area contributed by atoms with Gasteiger partial charge in [0.2, 0.25) is 5.91 Å². The highest BCUT2D eigenvalue weighted by Gasteiger charge is 2.08. The van der Waals surface area contributed by atoms with E-state index in [1.165, 1.54) is 17.8 Å². The lowest BCUT2D eigenvalue weighted by Gasteiger charge is -2.08. The molecular formula is C15H14F2N2OS. The number of nitrogens with one attached hydrogen (secondary N) is 1. The Hall–Kier alpha value is -2.08. The van der Waals surface area contributed by atoms with E-state index in [-0.39, 0.29) is 17.3 Å². The number of hydrogen-bond acceptors (Lipinski definition) is 3. The minimum Gasteiger partial charge on any atom is -0.398 e. The van der Waals surface area contributed by atoms with Gasteiger partial charge in [0.05, 0.1) is 5.75 Å². The number of anilines is 2. The van der Waals surface area contributed by atoms with Crippen molar-refractivity contribution in [2.45, 2.75) is 11.8 Å². The summed E-state index contributed by atoms with van der Waals surface area (Å²) in [5.41, 5.74) is 7.72. The molecule has 0 saturated heterocycles. The molecule has 0 aliphatic heterocycles. The average Bonchev–Trinajstić information content (AvgIpc) is 2.44. The van der Waals surface area contributed by atoms with Crippen LogP contribution in [0.4, 0.5) is 20.2 Å². The lowest BCUT2D eigenvalue weighted by atomic mass is 10.2. The highest BCUT2D eigenvalue weighted by atomic mass is 32.2. The molecule has 0 radical (unpaired) electrons. The number of para-hydroxylation sites is 1. The predicted molar refractivity (Wildman–Crippen MR) is 81.3 cm³/mol. The molecule has 2 aromatic carbocycles. The van der Waals surface area contributed by atoms with Gasteiger partial charge >= 0.3 is 0 Å². The van der Waals surface area contributed by atoms with E-state index >= 15 is 0 Å². The van der Waals surface area contributed by atoms with Gasteiger partial charge in [0, 0.05) is 22.3 Å². The maximum atomic E-state index is 13.0. The van der Waals surface area contributed by atoms with Crippen molar-refractivity contribution in [2.24, 2.45) is 0 Å². The van der Waals surface area contributed by atoms with Crippen LogP contribution in [-0.4, -0.2) is 11.7 Å². The van der Waals surface area contributed by atoms with Crippen LogP contribution >= 0.6 is 11.8 Å². The molecule has 2 aromatic rings. The topological polar surface area (TPSA) is 55.1 Å². The summed E-state index contributed by atoms with van der Waals surface area (Å²) in [4.78, 5) is 12.6. The van der Waals surface area contributed by atoms with Gasteiger partial charge < -0.3 is 11.1 Å². The summed E-state index contributed by atoms with van der Waals surface area (Å²) >= 11 is 1.29. The first kappa shape index (κ1) is 15.3. The van der Waals surface area contributed by atoms with Crippen molar-refractivity contribution in [3.8, 4) is 0 Å². The maximum absolute atomic E-state index is 13.0. The summed E-state index contributed by atoms with van der Waals surface area (Å²) in [5, 5.41) is 2.51.